The number of non-ortho nitro benzene ring substituents is 1. The Bertz CT molecular complexity index is 797. The van der Waals surface area contributed by atoms with E-state index in [1.165, 1.54) is 12.1 Å². The van der Waals surface area contributed by atoms with Crippen molar-refractivity contribution in [3.63, 3.8) is 0 Å². The molecular formula is C17H19N3O6. The summed E-state index contributed by atoms with van der Waals surface area (Å²) in [4.78, 5) is 33.6. The summed E-state index contributed by atoms with van der Waals surface area (Å²) in [7, 11) is 0. The van der Waals surface area contributed by atoms with Gasteiger partial charge >= 0.3 is 5.97 Å². The smallest absolute Gasteiger partial charge is 0.342 e. The molecule has 0 fully saturated rings. The first-order chi connectivity index (χ1) is 12.4. The summed E-state index contributed by atoms with van der Waals surface area (Å²) >= 11 is 0. The number of anilines is 1. The number of esters is 1. The van der Waals surface area contributed by atoms with Crippen LogP contribution >= 0.6 is 0 Å². The van der Waals surface area contributed by atoms with E-state index in [1.807, 2.05) is 0 Å². The van der Waals surface area contributed by atoms with Crippen molar-refractivity contribution in [1.29, 1.82) is 0 Å². The van der Waals surface area contributed by atoms with Crippen LogP contribution in [0, 0.1) is 24.0 Å². The molecule has 0 atom stereocenters. The predicted molar refractivity (Wildman–Crippen MR) is 93.1 cm³/mol. The van der Waals surface area contributed by atoms with Crippen LogP contribution in [0.15, 0.2) is 34.7 Å². The second-order valence-corrected chi connectivity index (χ2v) is 5.48. The molecule has 1 heterocycles. The first kappa shape index (κ1) is 19.0. The molecule has 2 N–H and O–H groups in total. The van der Waals surface area contributed by atoms with Crippen molar-refractivity contribution in [3.05, 3.63) is 57.5 Å². The lowest BCUT2D eigenvalue weighted by atomic mass is 10.2. The number of hydrogen-bond acceptors (Lipinski definition) is 7. The first-order valence-corrected chi connectivity index (χ1v) is 7.86. The number of nitrogens with zero attached hydrogens (tertiary/aromatic N) is 1. The van der Waals surface area contributed by atoms with Crippen LogP contribution in [0.2, 0.25) is 0 Å². The van der Waals surface area contributed by atoms with Crippen LogP contribution in [0.1, 0.15) is 21.9 Å². The Labute approximate surface area is 149 Å². The molecule has 0 bridgehead atoms. The van der Waals surface area contributed by atoms with Crippen LogP contribution in [0.4, 0.5) is 11.4 Å². The van der Waals surface area contributed by atoms with Crippen molar-refractivity contribution in [2.45, 2.75) is 13.8 Å². The Morgan fingerprint density at radius 3 is 2.46 bits per heavy atom. The van der Waals surface area contributed by atoms with Crippen molar-refractivity contribution < 1.29 is 23.7 Å². The molecule has 1 aromatic heterocycles. The van der Waals surface area contributed by atoms with Crippen LogP contribution in [0.25, 0.3) is 0 Å². The highest BCUT2D eigenvalue weighted by molar-refractivity contribution is 5.92. The predicted octanol–water partition coefficient (Wildman–Crippen LogP) is 2.19. The zero-order valence-electron chi connectivity index (χ0n) is 14.4. The maximum absolute atomic E-state index is 11.9. The molecule has 1 amide bonds. The number of furan rings is 1. The van der Waals surface area contributed by atoms with E-state index in [4.69, 9.17) is 9.15 Å². The zero-order valence-corrected chi connectivity index (χ0v) is 14.4. The molecule has 1 aromatic carbocycles. The van der Waals surface area contributed by atoms with Gasteiger partial charge in [-0.25, -0.2) is 4.79 Å². The molecule has 0 aliphatic rings. The van der Waals surface area contributed by atoms with Gasteiger partial charge in [0.2, 0.25) is 0 Å². The van der Waals surface area contributed by atoms with Crippen LogP contribution in [0.5, 0.6) is 0 Å². The normalized spacial score (nSPS) is 10.2. The second kappa shape index (κ2) is 8.65. The van der Waals surface area contributed by atoms with E-state index in [0.29, 0.717) is 35.9 Å². The van der Waals surface area contributed by atoms with E-state index in [-0.39, 0.29) is 12.3 Å². The van der Waals surface area contributed by atoms with E-state index in [0.717, 1.165) is 0 Å². The molecule has 138 valence electrons. The van der Waals surface area contributed by atoms with Gasteiger partial charge in [0.1, 0.15) is 17.1 Å². The average molecular weight is 361 g/mol. The van der Waals surface area contributed by atoms with E-state index in [9.17, 15) is 19.7 Å². The van der Waals surface area contributed by atoms with Gasteiger partial charge < -0.3 is 19.8 Å². The topological polar surface area (TPSA) is 124 Å². The lowest BCUT2D eigenvalue weighted by Crippen LogP contribution is -2.32. The van der Waals surface area contributed by atoms with Gasteiger partial charge in [-0.3, -0.25) is 14.9 Å². The summed E-state index contributed by atoms with van der Waals surface area (Å²) in [5.74, 6) is -0.00310. The van der Waals surface area contributed by atoms with Crippen molar-refractivity contribution in [3.8, 4) is 0 Å². The fourth-order valence-corrected chi connectivity index (χ4v) is 2.20. The maximum atomic E-state index is 11.9. The van der Waals surface area contributed by atoms with Crippen LogP contribution in [-0.4, -0.2) is 36.5 Å². The number of carbonyl (C=O) groups is 2. The summed E-state index contributed by atoms with van der Waals surface area (Å²) < 4.78 is 10.2. The lowest BCUT2D eigenvalue weighted by Gasteiger charge is -2.08. The Balaban J connectivity index is 1.66. The van der Waals surface area contributed by atoms with E-state index in [1.54, 1.807) is 32.0 Å². The molecule has 2 aromatic rings. The molecule has 0 saturated heterocycles. The number of hydrogen-bond donors (Lipinski definition) is 2. The third kappa shape index (κ3) is 5.33. The second-order valence-electron chi connectivity index (χ2n) is 5.48. The van der Waals surface area contributed by atoms with Crippen LogP contribution in [-0.2, 0) is 9.53 Å². The number of carbonyl (C=O) groups excluding carboxylic acids is 2. The standard InChI is InChI=1S/C17H19N3O6/c1-11-9-15(12(2)26-11)17(22)25-10-16(21)19-8-7-18-13-3-5-14(6-4-13)20(23)24/h3-6,9,18H,7-8,10H2,1-2H3,(H,19,21). The van der Waals surface area contributed by atoms with Gasteiger partial charge in [-0.2, -0.15) is 0 Å². The number of rotatable bonds is 8. The minimum atomic E-state index is -0.612. The molecule has 9 heteroatoms. The van der Waals surface area contributed by atoms with Gasteiger partial charge in [0, 0.05) is 30.9 Å². The highest BCUT2D eigenvalue weighted by Gasteiger charge is 2.16. The Hall–Kier alpha value is -3.36. The number of ether oxygens (including phenoxy) is 1. The van der Waals surface area contributed by atoms with Gasteiger partial charge in [-0.15, -0.1) is 0 Å². The molecule has 9 nitrogen and oxygen atoms in total. The first-order valence-electron chi connectivity index (χ1n) is 7.86. The fraction of sp³-hybridized carbons (Fsp3) is 0.294. The number of aryl methyl sites for hydroxylation is 2. The quantitative estimate of drug-likeness (QED) is 0.320. The summed E-state index contributed by atoms with van der Waals surface area (Å²) in [6.45, 7) is 3.69. The summed E-state index contributed by atoms with van der Waals surface area (Å²) in [6.07, 6.45) is 0. The maximum Gasteiger partial charge on any atom is 0.342 e. The van der Waals surface area contributed by atoms with Gasteiger partial charge in [0.25, 0.3) is 11.6 Å². The molecule has 0 aliphatic carbocycles. The molecule has 0 aliphatic heterocycles. The number of benzene rings is 1. The number of nitro benzene ring substituents is 1. The Morgan fingerprint density at radius 2 is 1.88 bits per heavy atom. The lowest BCUT2D eigenvalue weighted by molar-refractivity contribution is -0.384. The van der Waals surface area contributed by atoms with Crippen LogP contribution in [0.3, 0.4) is 0 Å². The summed E-state index contributed by atoms with van der Waals surface area (Å²) in [5, 5.41) is 16.2. The van der Waals surface area contributed by atoms with Crippen molar-refractivity contribution in [1.82, 2.24) is 5.32 Å². The molecule has 0 saturated carbocycles. The van der Waals surface area contributed by atoms with Crippen molar-refractivity contribution >= 4 is 23.3 Å². The van der Waals surface area contributed by atoms with Crippen molar-refractivity contribution in [2.75, 3.05) is 25.0 Å². The largest absolute Gasteiger partial charge is 0.466 e. The highest BCUT2D eigenvalue weighted by Crippen LogP contribution is 2.15. The number of amides is 1. The van der Waals surface area contributed by atoms with Gasteiger partial charge in [-0.05, 0) is 32.0 Å². The number of nitrogens with one attached hydrogen (secondary N) is 2. The third-order valence-corrected chi connectivity index (χ3v) is 3.45. The van der Waals surface area contributed by atoms with E-state index >= 15 is 0 Å². The van der Waals surface area contributed by atoms with Gasteiger partial charge in [0.05, 0.1) is 4.92 Å². The molecule has 26 heavy (non-hydrogen) atoms. The zero-order chi connectivity index (χ0) is 19.1. The van der Waals surface area contributed by atoms with E-state index < -0.39 is 16.8 Å². The third-order valence-electron chi connectivity index (χ3n) is 3.45. The molecular weight excluding hydrogens is 342 g/mol. The monoisotopic (exact) mass is 361 g/mol. The minimum Gasteiger partial charge on any atom is -0.466 e. The molecule has 0 radical (unpaired) electrons. The average Bonchev–Trinajstić information content (AvgIpc) is 2.95. The SMILES string of the molecule is Cc1cc(C(=O)OCC(=O)NCCNc2ccc([N+](=O)[O-])cc2)c(C)o1. The van der Waals surface area contributed by atoms with E-state index in [2.05, 4.69) is 10.6 Å². The van der Waals surface area contributed by atoms with Crippen LogP contribution < -0.4 is 10.6 Å². The molecule has 0 unspecified atom stereocenters. The summed E-state index contributed by atoms with van der Waals surface area (Å²) in [5.41, 5.74) is 1.01. The van der Waals surface area contributed by atoms with Gasteiger partial charge in [0.15, 0.2) is 6.61 Å². The highest BCUT2D eigenvalue weighted by atomic mass is 16.6. The number of nitro groups is 1. The minimum absolute atomic E-state index is 0.00808. The van der Waals surface area contributed by atoms with Crippen molar-refractivity contribution in [2.24, 2.45) is 0 Å². The summed E-state index contributed by atoms with van der Waals surface area (Å²) in [6, 6.07) is 7.50. The van der Waals surface area contributed by atoms with Gasteiger partial charge in [-0.1, -0.05) is 0 Å². The molecule has 2 rings (SSSR count). The Kier molecular flexibility index (Phi) is 6.31. The fourth-order valence-electron chi connectivity index (χ4n) is 2.20. The molecule has 0 spiro atoms. The Morgan fingerprint density at radius 1 is 1.19 bits per heavy atom.